The number of nitrogens with zero attached hydrogens (tertiary/aromatic N) is 1. The molecule has 8 nitrogen and oxygen atoms in total. The highest BCUT2D eigenvalue weighted by Gasteiger charge is 2.65. The number of carbonyl (C=O) groups is 1. The predicted molar refractivity (Wildman–Crippen MR) is 98.3 cm³/mol. The molecule has 0 radical (unpaired) electrons. The average Bonchev–Trinajstić information content (AvgIpc) is 3.44. The van der Waals surface area contributed by atoms with Crippen LogP contribution in [0.1, 0.15) is 33.0 Å². The number of benzene rings is 2. The highest BCUT2D eigenvalue weighted by molar-refractivity contribution is 5.98. The van der Waals surface area contributed by atoms with E-state index in [1.165, 1.54) is 14.2 Å². The SMILES string of the molecule is COc1ccc2c(c1OC)C(=O)O[C@@]21ON(C)[C@@H]2Cc3cc4c(cc3[C@@H]21)OCO4. The van der Waals surface area contributed by atoms with Crippen LogP contribution in [0.25, 0.3) is 0 Å². The Bertz CT molecular complexity index is 1070. The lowest BCUT2D eigenvalue weighted by Gasteiger charge is -2.28. The van der Waals surface area contributed by atoms with Crippen LogP contribution in [0.15, 0.2) is 24.3 Å². The lowest BCUT2D eigenvalue weighted by molar-refractivity contribution is -0.281. The Labute approximate surface area is 166 Å². The molecule has 2 aromatic carbocycles. The van der Waals surface area contributed by atoms with E-state index in [0.29, 0.717) is 28.4 Å². The number of hydrogen-bond donors (Lipinski definition) is 0. The molecule has 6 rings (SSSR count). The summed E-state index contributed by atoms with van der Waals surface area (Å²) in [5.74, 6) is 0.315. The van der Waals surface area contributed by atoms with Crippen molar-refractivity contribution in [1.82, 2.24) is 5.06 Å². The third-order valence-electron chi connectivity index (χ3n) is 6.31. The summed E-state index contributed by atoms with van der Waals surface area (Å²) in [5.41, 5.74) is 3.17. The van der Waals surface area contributed by atoms with Gasteiger partial charge >= 0.3 is 5.97 Å². The van der Waals surface area contributed by atoms with E-state index in [0.717, 1.165) is 23.3 Å². The summed E-state index contributed by atoms with van der Waals surface area (Å²) >= 11 is 0. The molecule has 1 spiro atoms. The molecule has 1 aliphatic carbocycles. The van der Waals surface area contributed by atoms with Crippen molar-refractivity contribution < 1.29 is 33.3 Å². The van der Waals surface area contributed by atoms with Gasteiger partial charge in [0, 0.05) is 12.6 Å². The lowest BCUT2D eigenvalue weighted by Crippen LogP contribution is -2.32. The number of hydroxylamine groups is 2. The van der Waals surface area contributed by atoms with Gasteiger partial charge in [-0.2, -0.15) is 5.06 Å². The first-order valence-electron chi connectivity index (χ1n) is 9.40. The maximum Gasteiger partial charge on any atom is 0.345 e. The predicted octanol–water partition coefficient (Wildman–Crippen LogP) is 2.34. The van der Waals surface area contributed by atoms with E-state index in [1.54, 1.807) is 11.1 Å². The number of ether oxygens (including phenoxy) is 5. The van der Waals surface area contributed by atoms with Crippen molar-refractivity contribution in [3.8, 4) is 23.0 Å². The third-order valence-corrected chi connectivity index (χ3v) is 6.31. The van der Waals surface area contributed by atoms with Crippen molar-refractivity contribution in [3.63, 3.8) is 0 Å². The van der Waals surface area contributed by atoms with Crippen LogP contribution in [0.2, 0.25) is 0 Å². The number of carbonyl (C=O) groups excluding carboxylic acids is 1. The van der Waals surface area contributed by atoms with Crippen LogP contribution >= 0.6 is 0 Å². The Hall–Kier alpha value is -2.97. The molecule has 3 heterocycles. The molecule has 0 unspecified atom stereocenters. The van der Waals surface area contributed by atoms with Gasteiger partial charge in [-0.1, -0.05) is 0 Å². The zero-order chi connectivity index (χ0) is 19.9. The summed E-state index contributed by atoms with van der Waals surface area (Å²) in [7, 11) is 4.91. The number of methoxy groups -OCH3 is 2. The van der Waals surface area contributed by atoms with Gasteiger partial charge in [-0.15, -0.1) is 0 Å². The highest BCUT2D eigenvalue weighted by Crippen LogP contribution is 2.61. The molecule has 0 bridgehead atoms. The molecule has 29 heavy (non-hydrogen) atoms. The molecular weight excluding hydrogens is 378 g/mol. The van der Waals surface area contributed by atoms with E-state index in [4.69, 9.17) is 28.5 Å². The van der Waals surface area contributed by atoms with Gasteiger partial charge in [0.2, 0.25) is 6.79 Å². The van der Waals surface area contributed by atoms with Crippen molar-refractivity contribution in [3.05, 3.63) is 46.5 Å². The van der Waals surface area contributed by atoms with Gasteiger partial charge in [0.1, 0.15) is 5.56 Å². The monoisotopic (exact) mass is 397 g/mol. The van der Waals surface area contributed by atoms with E-state index >= 15 is 0 Å². The zero-order valence-electron chi connectivity index (χ0n) is 16.2. The summed E-state index contributed by atoms with van der Waals surface area (Å²) in [4.78, 5) is 19.2. The summed E-state index contributed by atoms with van der Waals surface area (Å²) < 4.78 is 27.9. The Kier molecular flexibility index (Phi) is 3.24. The van der Waals surface area contributed by atoms with Gasteiger partial charge in [-0.25, -0.2) is 9.63 Å². The summed E-state index contributed by atoms with van der Waals surface area (Å²) in [6.45, 7) is 0.211. The molecule has 3 atom stereocenters. The van der Waals surface area contributed by atoms with Gasteiger partial charge in [0.15, 0.2) is 23.0 Å². The fourth-order valence-corrected chi connectivity index (χ4v) is 5.11. The van der Waals surface area contributed by atoms with Gasteiger partial charge in [-0.05, 0) is 41.8 Å². The molecule has 150 valence electrons. The number of hydrogen-bond acceptors (Lipinski definition) is 8. The summed E-state index contributed by atoms with van der Waals surface area (Å²) in [6.07, 6.45) is 0.759. The smallest absolute Gasteiger partial charge is 0.345 e. The van der Waals surface area contributed by atoms with Crippen LogP contribution in [0.3, 0.4) is 0 Å². The molecule has 3 aliphatic heterocycles. The number of rotatable bonds is 2. The standard InChI is InChI=1S/C21H19NO7/c1-22-13-6-10-7-15-16(27-9-26-15)8-11(10)18(13)21(29-22)12-4-5-14(24-2)19(25-3)17(12)20(23)28-21/h4-5,7-8,13,18H,6,9H2,1-3H3/t13-,18+,21-/m1/s1. The van der Waals surface area contributed by atoms with Crippen LogP contribution in [0.4, 0.5) is 0 Å². The maximum atomic E-state index is 13.0. The maximum absolute atomic E-state index is 13.0. The minimum Gasteiger partial charge on any atom is -0.493 e. The van der Waals surface area contributed by atoms with E-state index in [-0.39, 0.29) is 18.8 Å². The fourth-order valence-electron chi connectivity index (χ4n) is 5.11. The largest absolute Gasteiger partial charge is 0.493 e. The average molecular weight is 397 g/mol. The van der Waals surface area contributed by atoms with Crippen molar-refractivity contribution >= 4 is 5.97 Å². The second-order valence-electron chi connectivity index (χ2n) is 7.57. The van der Waals surface area contributed by atoms with Crippen LogP contribution in [0.5, 0.6) is 23.0 Å². The quantitative estimate of drug-likeness (QED) is 0.715. The first-order valence-corrected chi connectivity index (χ1v) is 9.40. The Morgan fingerprint density at radius 3 is 2.69 bits per heavy atom. The van der Waals surface area contributed by atoms with Gasteiger partial charge < -0.3 is 23.7 Å². The summed E-state index contributed by atoms with van der Waals surface area (Å²) in [6, 6.07) is 7.61. The molecule has 0 N–H and O–H groups in total. The Balaban J connectivity index is 1.56. The van der Waals surface area contributed by atoms with Crippen molar-refractivity contribution in [2.24, 2.45) is 0 Å². The second kappa shape index (κ2) is 5.55. The zero-order valence-corrected chi connectivity index (χ0v) is 16.2. The van der Waals surface area contributed by atoms with Crippen LogP contribution in [-0.2, 0) is 21.8 Å². The van der Waals surface area contributed by atoms with Gasteiger partial charge in [0.05, 0.1) is 26.2 Å². The van der Waals surface area contributed by atoms with E-state index < -0.39 is 11.8 Å². The van der Waals surface area contributed by atoms with E-state index in [1.807, 2.05) is 25.2 Å². The molecule has 0 saturated carbocycles. The van der Waals surface area contributed by atoms with Gasteiger partial charge in [0.25, 0.3) is 5.79 Å². The van der Waals surface area contributed by atoms with Crippen molar-refractivity contribution in [2.45, 2.75) is 24.2 Å². The molecule has 8 heteroatoms. The molecule has 1 saturated heterocycles. The van der Waals surface area contributed by atoms with Crippen LogP contribution in [-0.4, -0.2) is 45.1 Å². The number of fused-ring (bicyclic) bond motifs is 7. The third kappa shape index (κ3) is 1.97. The van der Waals surface area contributed by atoms with Crippen molar-refractivity contribution in [2.75, 3.05) is 28.1 Å². The first kappa shape index (κ1) is 16.9. The molecule has 1 fully saturated rings. The molecular formula is C21H19NO7. The topological polar surface area (TPSA) is 75.7 Å². The van der Waals surface area contributed by atoms with E-state index in [9.17, 15) is 4.79 Å². The van der Waals surface area contributed by atoms with Gasteiger partial charge in [-0.3, -0.25) is 0 Å². The molecule has 0 aromatic heterocycles. The van der Waals surface area contributed by atoms with Crippen LogP contribution < -0.4 is 18.9 Å². The minimum atomic E-state index is -1.26. The number of likely N-dealkylation sites (N-methyl/N-ethyl adjacent to an activating group) is 1. The normalized spacial score (nSPS) is 28.3. The first-order chi connectivity index (χ1) is 14.1. The van der Waals surface area contributed by atoms with E-state index in [2.05, 4.69) is 0 Å². The summed E-state index contributed by atoms with van der Waals surface area (Å²) in [5, 5.41) is 1.79. The minimum absolute atomic E-state index is 0.0133. The molecule has 4 aliphatic rings. The Morgan fingerprint density at radius 1 is 1.14 bits per heavy atom. The second-order valence-corrected chi connectivity index (χ2v) is 7.57. The van der Waals surface area contributed by atoms with Crippen molar-refractivity contribution in [1.29, 1.82) is 0 Å². The molecule has 0 amide bonds. The number of esters is 1. The Morgan fingerprint density at radius 2 is 1.93 bits per heavy atom. The molecule has 2 aromatic rings. The van der Waals surface area contributed by atoms with Crippen LogP contribution in [0, 0.1) is 0 Å². The lowest BCUT2D eigenvalue weighted by atomic mass is 9.85. The fraction of sp³-hybridized carbons (Fsp3) is 0.381. The highest BCUT2D eigenvalue weighted by atomic mass is 16.8.